The van der Waals surface area contributed by atoms with Crippen molar-refractivity contribution in [2.75, 3.05) is 27.3 Å². The van der Waals surface area contributed by atoms with Crippen LogP contribution in [0.1, 0.15) is 33.3 Å². The second-order valence-electron chi connectivity index (χ2n) is 6.63. The summed E-state index contributed by atoms with van der Waals surface area (Å²) < 4.78 is 10.4. The summed E-state index contributed by atoms with van der Waals surface area (Å²) in [6.45, 7) is 8.02. The van der Waals surface area contributed by atoms with Gasteiger partial charge in [0.1, 0.15) is 11.5 Å². The van der Waals surface area contributed by atoms with Gasteiger partial charge in [-0.15, -0.1) is 0 Å². The van der Waals surface area contributed by atoms with E-state index < -0.39 is 0 Å². The van der Waals surface area contributed by atoms with E-state index in [1.807, 2.05) is 27.7 Å². The number of nitrogens with one attached hydrogen (secondary N) is 1. The minimum Gasteiger partial charge on any atom is -0.497 e. The second kappa shape index (κ2) is 9.11. The van der Waals surface area contributed by atoms with Crippen LogP contribution in [0.25, 0.3) is 6.08 Å². The second-order valence-corrected chi connectivity index (χ2v) is 6.63. The van der Waals surface area contributed by atoms with E-state index >= 15 is 0 Å². The number of ether oxygens (including phenoxy) is 2. The normalized spacial score (nSPS) is 11.3. The molecule has 0 aliphatic heterocycles. The predicted octanol–water partition coefficient (Wildman–Crippen LogP) is 2.48. The van der Waals surface area contributed by atoms with Crippen LogP contribution in [0, 0.1) is 0 Å². The number of methoxy groups -OCH3 is 2. The van der Waals surface area contributed by atoms with Gasteiger partial charge in [-0.2, -0.15) is 0 Å². The van der Waals surface area contributed by atoms with E-state index in [9.17, 15) is 9.59 Å². The van der Waals surface area contributed by atoms with Crippen LogP contribution in [-0.4, -0.2) is 49.6 Å². The first kappa shape index (κ1) is 20.5. The van der Waals surface area contributed by atoms with Gasteiger partial charge in [0.15, 0.2) is 0 Å². The number of carbonyl (C=O) groups excluding carboxylic acids is 2. The highest BCUT2D eigenvalue weighted by Crippen LogP contribution is 2.23. The molecule has 0 aliphatic rings. The number of benzene rings is 1. The molecule has 6 nitrogen and oxygen atoms in total. The number of hydrogen-bond acceptors (Lipinski definition) is 4. The molecule has 1 aromatic rings. The van der Waals surface area contributed by atoms with E-state index in [0.717, 1.165) is 5.56 Å². The van der Waals surface area contributed by atoms with Gasteiger partial charge in [0, 0.05) is 24.2 Å². The first-order valence-corrected chi connectivity index (χ1v) is 8.19. The molecule has 2 amide bonds. The number of carbonyl (C=O) groups is 2. The van der Waals surface area contributed by atoms with Crippen LogP contribution in [-0.2, 0) is 9.59 Å². The van der Waals surface area contributed by atoms with Gasteiger partial charge in [-0.3, -0.25) is 9.59 Å². The van der Waals surface area contributed by atoms with Gasteiger partial charge in [-0.25, -0.2) is 0 Å². The van der Waals surface area contributed by atoms with Crippen molar-refractivity contribution in [3.8, 4) is 11.5 Å². The molecule has 1 N–H and O–H groups in total. The highest BCUT2D eigenvalue weighted by Gasteiger charge is 2.18. The number of rotatable bonds is 7. The Kier molecular flexibility index (Phi) is 7.48. The molecule has 25 heavy (non-hydrogen) atoms. The molecule has 0 spiro atoms. The Bertz CT molecular complexity index is 611. The summed E-state index contributed by atoms with van der Waals surface area (Å²) >= 11 is 0. The Hall–Kier alpha value is -2.50. The van der Waals surface area contributed by atoms with Gasteiger partial charge in [-0.1, -0.05) is 0 Å². The summed E-state index contributed by atoms with van der Waals surface area (Å²) in [4.78, 5) is 25.8. The van der Waals surface area contributed by atoms with Crippen molar-refractivity contribution >= 4 is 17.9 Å². The van der Waals surface area contributed by atoms with Gasteiger partial charge in [0.25, 0.3) is 0 Å². The third kappa shape index (κ3) is 7.28. The van der Waals surface area contributed by atoms with E-state index in [0.29, 0.717) is 18.0 Å². The van der Waals surface area contributed by atoms with Gasteiger partial charge in [0.2, 0.25) is 11.8 Å². The fraction of sp³-hybridized carbons (Fsp3) is 0.474. The smallest absolute Gasteiger partial charge is 0.247 e. The molecule has 1 aromatic carbocycles. The molecule has 0 saturated heterocycles. The first-order valence-electron chi connectivity index (χ1n) is 8.19. The predicted molar refractivity (Wildman–Crippen MR) is 98.7 cm³/mol. The molecule has 0 unspecified atom stereocenters. The molecule has 0 radical (unpaired) electrons. The van der Waals surface area contributed by atoms with Crippen molar-refractivity contribution in [1.82, 2.24) is 10.2 Å². The van der Waals surface area contributed by atoms with Crippen LogP contribution in [0.2, 0.25) is 0 Å². The first-order chi connectivity index (χ1) is 11.7. The van der Waals surface area contributed by atoms with Gasteiger partial charge in [-0.05, 0) is 51.5 Å². The summed E-state index contributed by atoms with van der Waals surface area (Å²) in [5.41, 5.74) is 0.451. The summed E-state index contributed by atoms with van der Waals surface area (Å²) in [6.07, 6.45) is 3.12. The lowest BCUT2D eigenvalue weighted by Gasteiger charge is -2.24. The Labute approximate surface area is 149 Å². The maximum atomic E-state index is 12.4. The van der Waals surface area contributed by atoms with Crippen LogP contribution >= 0.6 is 0 Å². The molecule has 138 valence electrons. The fourth-order valence-corrected chi connectivity index (χ4v) is 2.18. The largest absolute Gasteiger partial charge is 0.497 e. The lowest BCUT2D eigenvalue weighted by atomic mass is 10.1. The fourth-order valence-electron chi connectivity index (χ4n) is 2.18. The quantitative estimate of drug-likeness (QED) is 0.769. The van der Waals surface area contributed by atoms with E-state index in [-0.39, 0.29) is 23.9 Å². The average molecular weight is 348 g/mol. The van der Waals surface area contributed by atoms with Gasteiger partial charge >= 0.3 is 0 Å². The van der Waals surface area contributed by atoms with Crippen LogP contribution in [0.15, 0.2) is 24.3 Å². The van der Waals surface area contributed by atoms with Gasteiger partial charge < -0.3 is 19.7 Å². The Balaban J connectivity index is 2.81. The molecule has 0 fully saturated rings. The third-order valence-corrected chi connectivity index (χ3v) is 3.33. The number of hydrogen-bond donors (Lipinski definition) is 1. The number of nitrogens with zero attached hydrogens (tertiary/aromatic N) is 1. The average Bonchev–Trinajstić information content (AvgIpc) is 2.55. The third-order valence-electron chi connectivity index (χ3n) is 3.33. The number of likely N-dealkylation sites (N-methyl/N-ethyl adjacent to an activating group) is 1. The summed E-state index contributed by atoms with van der Waals surface area (Å²) in [7, 11) is 3.14. The van der Waals surface area contributed by atoms with Crippen molar-refractivity contribution in [2.45, 2.75) is 33.2 Å². The molecule has 0 saturated carbocycles. The zero-order valence-corrected chi connectivity index (χ0v) is 15.9. The van der Waals surface area contributed by atoms with Crippen LogP contribution in [0.5, 0.6) is 11.5 Å². The van der Waals surface area contributed by atoms with Crippen molar-refractivity contribution in [3.63, 3.8) is 0 Å². The molecule has 0 atom stereocenters. The number of amides is 2. The molecule has 6 heteroatoms. The van der Waals surface area contributed by atoms with E-state index in [1.54, 1.807) is 38.5 Å². The molecular formula is C19H28N2O4. The van der Waals surface area contributed by atoms with E-state index in [1.165, 1.54) is 11.0 Å². The van der Waals surface area contributed by atoms with Crippen LogP contribution < -0.4 is 14.8 Å². The van der Waals surface area contributed by atoms with Crippen LogP contribution in [0.3, 0.4) is 0 Å². The Morgan fingerprint density at radius 2 is 1.68 bits per heavy atom. The lowest BCUT2D eigenvalue weighted by molar-refractivity contribution is -0.132. The summed E-state index contributed by atoms with van der Waals surface area (Å²) in [5, 5.41) is 2.85. The SMILES string of the molecule is CCN(CC(=O)NC(C)(C)C)C(=O)/C=C/c1cc(OC)cc(OC)c1. The van der Waals surface area contributed by atoms with Crippen molar-refractivity contribution in [1.29, 1.82) is 0 Å². The van der Waals surface area contributed by atoms with Crippen molar-refractivity contribution in [3.05, 3.63) is 29.8 Å². The highest BCUT2D eigenvalue weighted by molar-refractivity contribution is 5.94. The lowest BCUT2D eigenvalue weighted by Crippen LogP contribution is -2.47. The zero-order chi connectivity index (χ0) is 19.0. The van der Waals surface area contributed by atoms with E-state index in [2.05, 4.69) is 5.32 Å². The van der Waals surface area contributed by atoms with Crippen LogP contribution in [0.4, 0.5) is 0 Å². The maximum absolute atomic E-state index is 12.4. The molecule has 0 aliphatic carbocycles. The molecule has 0 bridgehead atoms. The molecule has 1 rings (SSSR count). The topological polar surface area (TPSA) is 67.9 Å². The molecule has 0 aromatic heterocycles. The summed E-state index contributed by atoms with van der Waals surface area (Å²) in [6, 6.07) is 5.36. The van der Waals surface area contributed by atoms with Crippen molar-refractivity contribution in [2.24, 2.45) is 0 Å². The van der Waals surface area contributed by atoms with Crippen molar-refractivity contribution < 1.29 is 19.1 Å². The zero-order valence-electron chi connectivity index (χ0n) is 15.9. The Morgan fingerprint density at radius 1 is 1.12 bits per heavy atom. The minimum atomic E-state index is -0.327. The Morgan fingerprint density at radius 3 is 2.12 bits per heavy atom. The highest BCUT2D eigenvalue weighted by atomic mass is 16.5. The van der Waals surface area contributed by atoms with E-state index in [4.69, 9.17) is 9.47 Å². The maximum Gasteiger partial charge on any atom is 0.247 e. The molecular weight excluding hydrogens is 320 g/mol. The minimum absolute atomic E-state index is 0.0262. The molecule has 0 heterocycles. The monoisotopic (exact) mass is 348 g/mol. The summed E-state index contributed by atoms with van der Waals surface area (Å²) in [5.74, 6) is 0.874. The van der Waals surface area contributed by atoms with Gasteiger partial charge in [0.05, 0.1) is 20.8 Å². The standard InChI is InChI=1S/C19H28N2O4/c1-7-21(13-17(22)20-19(2,3)4)18(23)9-8-14-10-15(24-5)12-16(11-14)25-6/h8-12H,7,13H2,1-6H3,(H,20,22)/b9-8+.